The van der Waals surface area contributed by atoms with Crippen molar-refractivity contribution < 1.29 is 30.9 Å². The SMILES string of the molecule is COCCN(/C=C(/C#N)C(=O)Nc1cccc(S(=O)(=O)O)c1)C1CCS(=O)(=O)C1. The Morgan fingerprint density at radius 3 is 2.76 bits per heavy atom. The van der Waals surface area contributed by atoms with Gasteiger partial charge in [0.1, 0.15) is 11.6 Å². The minimum absolute atomic E-state index is 0.0332. The number of rotatable bonds is 8. The summed E-state index contributed by atoms with van der Waals surface area (Å²) >= 11 is 0. The van der Waals surface area contributed by atoms with Crippen molar-refractivity contribution in [3.05, 3.63) is 36.0 Å². The summed E-state index contributed by atoms with van der Waals surface area (Å²) in [7, 11) is -6.14. The second-order valence-electron chi connectivity index (χ2n) is 6.40. The van der Waals surface area contributed by atoms with Gasteiger partial charge >= 0.3 is 0 Å². The highest BCUT2D eigenvalue weighted by Crippen LogP contribution is 2.20. The van der Waals surface area contributed by atoms with E-state index < -0.39 is 30.8 Å². The molecule has 0 aromatic heterocycles. The monoisotopic (exact) mass is 443 g/mol. The molecule has 0 saturated carbocycles. The smallest absolute Gasteiger partial charge is 0.294 e. The van der Waals surface area contributed by atoms with E-state index in [1.807, 2.05) is 0 Å². The summed E-state index contributed by atoms with van der Waals surface area (Å²) in [6, 6.07) is 6.31. The van der Waals surface area contributed by atoms with Gasteiger partial charge in [0.2, 0.25) is 0 Å². The molecule has 0 radical (unpaired) electrons. The Bertz CT molecular complexity index is 1040. The summed E-state index contributed by atoms with van der Waals surface area (Å²) in [5.74, 6) is -0.849. The van der Waals surface area contributed by atoms with Gasteiger partial charge in [-0.05, 0) is 24.6 Å². The molecule has 1 atom stereocenters. The highest BCUT2D eigenvalue weighted by atomic mass is 32.2. The van der Waals surface area contributed by atoms with Crippen LogP contribution in [-0.2, 0) is 29.5 Å². The molecular weight excluding hydrogens is 422 g/mol. The molecule has 1 aromatic rings. The largest absolute Gasteiger partial charge is 0.383 e. The number of nitrogens with zero attached hydrogens (tertiary/aromatic N) is 2. The Kier molecular flexibility index (Phi) is 7.37. The number of nitrogens with one attached hydrogen (secondary N) is 1. The Morgan fingerprint density at radius 1 is 1.48 bits per heavy atom. The van der Waals surface area contributed by atoms with Crippen LogP contribution in [0.25, 0.3) is 0 Å². The minimum atomic E-state index is -4.45. The number of methoxy groups -OCH3 is 1. The normalized spacial score (nSPS) is 18.8. The lowest BCUT2D eigenvalue weighted by Gasteiger charge is -2.26. The van der Waals surface area contributed by atoms with Crippen molar-refractivity contribution in [1.29, 1.82) is 5.26 Å². The number of carbonyl (C=O) groups excluding carboxylic acids is 1. The Labute approximate surface area is 169 Å². The molecule has 12 heteroatoms. The number of sulfone groups is 1. The van der Waals surface area contributed by atoms with Crippen molar-refractivity contribution in [2.24, 2.45) is 0 Å². The zero-order chi connectivity index (χ0) is 21.7. The summed E-state index contributed by atoms with van der Waals surface area (Å²) in [6.45, 7) is 0.553. The van der Waals surface area contributed by atoms with Crippen LogP contribution in [0.15, 0.2) is 40.9 Å². The van der Waals surface area contributed by atoms with Gasteiger partial charge in [-0.25, -0.2) is 8.42 Å². The number of hydrogen-bond donors (Lipinski definition) is 2. The van der Waals surface area contributed by atoms with Crippen LogP contribution >= 0.6 is 0 Å². The first-order valence-electron chi connectivity index (χ1n) is 8.51. The third-order valence-electron chi connectivity index (χ3n) is 4.28. The summed E-state index contributed by atoms with van der Waals surface area (Å²) in [6.07, 6.45) is 1.66. The minimum Gasteiger partial charge on any atom is -0.383 e. The van der Waals surface area contributed by atoms with Crippen LogP contribution in [0.5, 0.6) is 0 Å². The van der Waals surface area contributed by atoms with Crippen molar-refractivity contribution in [3.8, 4) is 6.07 Å². The maximum atomic E-state index is 12.5. The van der Waals surface area contributed by atoms with Crippen LogP contribution in [0.2, 0.25) is 0 Å². The highest BCUT2D eigenvalue weighted by molar-refractivity contribution is 7.91. The molecule has 1 aliphatic rings. The van der Waals surface area contributed by atoms with Gasteiger partial charge < -0.3 is 15.0 Å². The Morgan fingerprint density at radius 2 is 2.21 bits per heavy atom. The maximum absolute atomic E-state index is 12.5. The van der Waals surface area contributed by atoms with E-state index in [0.717, 1.165) is 12.1 Å². The Balaban J connectivity index is 2.23. The van der Waals surface area contributed by atoms with Gasteiger partial charge in [-0.15, -0.1) is 0 Å². The lowest BCUT2D eigenvalue weighted by Crippen LogP contribution is -2.35. The number of nitriles is 1. The van der Waals surface area contributed by atoms with E-state index >= 15 is 0 Å². The fourth-order valence-corrected chi connectivity index (χ4v) is 5.09. The van der Waals surface area contributed by atoms with E-state index in [1.165, 1.54) is 25.4 Å². The predicted molar refractivity (Wildman–Crippen MR) is 104 cm³/mol. The summed E-state index contributed by atoms with van der Waals surface area (Å²) in [5, 5.41) is 11.8. The average Bonchev–Trinajstić information content (AvgIpc) is 3.01. The van der Waals surface area contributed by atoms with Crippen LogP contribution in [0.4, 0.5) is 5.69 Å². The molecule has 29 heavy (non-hydrogen) atoms. The van der Waals surface area contributed by atoms with Gasteiger partial charge in [-0.1, -0.05) is 6.07 Å². The summed E-state index contributed by atoms with van der Waals surface area (Å²) in [5.41, 5.74) is -0.221. The predicted octanol–water partition coefficient (Wildman–Crippen LogP) is 0.415. The van der Waals surface area contributed by atoms with Gasteiger partial charge in [-0.2, -0.15) is 13.7 Å². The van der Waals surface area contributed by atoms with Crippen molar-refractivity contribution in [3.63, 3.8) is 0 Å². The molecular formula is C17H21N3O7S2. The molecule has 158 valence electrons. The van der Waals surface area contributed by atoms with Crippen LogP contribution in [0.1, 0.15) is 6.42 Å². The van der Waals surface area contributed by atoms with Crippen molar-refractivity contribution >= 4 is 31.5 Å². The van der Waals surface area contributed by atoms with E-state index in [-0.39, 0.29) is 42.0 Å². The van der Waals surface area contributed by atoms with Gasteiger partial charge in [0.25, 0.3) is 16.0 Å². The first kappa shape index (κ1) is 22.8. The van der Waals surface area contributed by atoms with Crippen LogP contribution in [0.3, 0.4) is 0 Å². The van der Waals surface area contributed by atoms with Crippen LogP contribution < -0.4 is 5.32 Å². The fraction of sp³-hybridized carbons (Fsp3) is 0.412. The van der Waals surface area contributed by atoms with Crippen LogP contribution in [0, 0.1) is 11.3 Å². The molecule has 2 N–H and O–H groups in total. The zero-order valence-electron chi connectivity index (χ0n) is 15.6. The van der Waals surface area contributed by atoms with E-state index in [1.54, 1.807) is 11.0 Å². The molecule has 1 aliphatic heterocycles. The molecule has 0 spiro atoms. The topological polar surface area (TPSA) is 154 Å². The molecule has 1 heterocycles. The molecule has 1 fully saturated rings. The summed E-state index contributed by atoms with van der Waals surface area (Å²) in [4.78, 5) is 13.7. The molecule has 0 aliphatic carbocycles. The second-order valence-corrected chi connectivity index (χ2v) is 10.0. The molecule has 10 nitrogen and oxygen atoms in total. The van der Waals surface area contributed by atoms with E-state index in [4.69, 9.17) is 9.29 Å². The number of anilines is 1. The average molecular weight is 444 g/mol. The Hall–Kier alpha value is -2.46. The number of hydrogen-bond acceptors (Lipinski definition) is 8. The third-order valence-corrected chi connectivity index (χ3v) is 6.88. The molecule has 2 rings (SSSR count). The number of ether oxygens (including phenoxy) is 1. The van der Waals surface area contributed by atoms with Gasteiger partial charge in [0.15, 0.2) is 9.84 Å². The van der Waals surface area contributed by atoms with Gasteiger partial charge in [0.05, 0.1) is 23.0 Å². The van der Waals surface area contributed by atoms with Crippen LogP contribution in [-0.4, -0.2) is 70.0 Å². The molecule has 1 aromatic carbocycles. The third kappa shape index (κ3) is 6.53. The van der Waals surface area contributed by atoms with Gasteiger partial charge in [0, 0.05) is 31.6 Å². The number of benzene rings is 1. The number of carbonyl (C=O) groups is 1. The maximum Gasteiger partial charge on any atom is 0.294 e. The second kappa shape index (κ2) is 9.36. The zero-order valence-corrected chi connectivity index (χ0v) is 17.2. The first-order chi connectivity index (χ1) is 13.6. The van der Waals surface area contributed by atoms with E-state index in [2.05, 4.69) is 5.32 Å². The molecule has 1 unspecified atom stereocenters. The number of amides is 1. The fourth-order valence-electron chi connectivity index (χ4n) is 2.82. The van der Waals surface area contributed by atoms with Gasteiger partial charge in [-0.3, -0.25) is 9.35 Å². The highest BCUT2D eigenvalue weighted by Gasteiger charge is 2.31. The first-order valence-corrected chi connectivity index (χ1v) is 11.8. The summed E-state index contributed by atoms with van der Waals surface area (Å²) < 4.78 is 60.1. The van der Waals surface area contributed by atoms with Crippen molar-refractivity contribution in [2.45, 2.75) is 17.4 Å². The van der Waals surface area contributed by atoms with E-state index in [0.29, 0.717) is 6.42 Å². The quantitative estimate of drug-likeness (QED) is 0.330. The lowest BCUT2D eigenvalue weighted by molar-refractivity contribution is -0.112. The van der Waals surface area contributed by atoms with E-state index in [9.17, 15) is 26.9 Å². The molecule has 1 amide bonds. The van der Waals surface area contributed by atoms with Crippen molar-refractivity contribution in [1.82, 2.24) is 4.90 Å². The van der Waals surface area contributed by atoms with Crippen molar-refractivity contribution in [2.75, 3.05) is 37.1 Å². The molecule has 0 bridgehead atoms. The lowest BCUT2D eigenvalue weighted by atomic mass is 10.2. The molecule has 1 saturated heterocycles. The standard InChI is InChI=1S/C17H21N3O7S2/c1-27-7-6-20(15-5-8-28(22,23)12-15)11-13(10-18)17(21)19-14-3-2-4-16(9-14)29(24,25)26/h2-4,9,11,15H,5-8,12H2,1H3,(H,19,21)(H,24,25,26)/b13-11-.